The molecule has 2 amide bonds. The molecule has 7 nitrogen and oxygen atoms in total. The summed E-state index contributed by atoms with van der Waals surface area (Å²) < 4.78 is 4.61. The number of hydrogen-bond donors (Lipinski definition) is 1. The van der Waals surface area contributed by atoms with E-state index in [1.54, 1.807) is 20.9 Å². The minimum atomic E-state index is -1.17. The molecule has 114 valence electrons. The van der Waals surface area contributed by atoms with Crippen molar-refractivity contribution in [3.05, 3.63) is 0 Å². The first-order valence-electron chi connectivity index (χ1n) is 6.58. The molecule has 1 aliphatic rings. The number of carboxylic acid groups (broad SMARTS) is 1. The number of methoxy groups -OCH3 is 1. The van der Waals surface area contributed by atoms with Crippen LogP contribution in [0.4, 0.5) is 4.79 Å². The van der Waals surface area contributed by atoms with Gasteiger partial charge in [0.25, 0.3) is 0 Å². The van der Waals surface area contributed by atoms with E-state index in [1.807, 2.05) is 0 Å². The number of rotatable bonds is 4. The molecule has 2 unspecified atom stereocenters. The van der Waals surface area contributed by atoms with E-state index in [2.05, 4.69) is 4.74 Å². The zero-order valence-corrected chi connectivity index (χ0v) is 12.4. The molecule has 20 heavy (non-hydrogen) atoms. The lowest BCUT2D eigenvalue weighted by Crippen LogP contribution is -2.55. The van der Waals surface area contributed by atoms with Gasteiger partial charge in [0.15, 0.2) is 0 Å². The average Bonchev–Trinajstić information content (AvgIpc) is 2.80. The molecule has 0 aromatic rings. The van der Waals surface area contributed by atoms with Crippen molar-refractivity contribution in [3.8, 4) is 0 Å². The van der Waals surface area contributed by atoms with Crippen molar-refractivity contribution >= 4 is 18.0 Å². The third-order valence-electron chi connectivity index (χ3n) is 3.81. The first kappa shape index (κ1) is 16.3. The Kier molecular flexibility index (Phi) is 4.97. The molecule has 1 fully saturated rings. The highest BCUT2D eigenvalue weighted by molar-refractivity contribution is 5.86. The van der Waals surface area contributed by atoms with Crippen LogP contribution in [0, 0.1) is 5.92 Å². The van der Waals surface area contributed by atoms with E-state index in [0.717, 1.165) is 0 Å². The predicted octanol–water partition coefficient (Wildman–Crippen LogP) is 0.786. The highest BCUT2D eigenvalue weighted by atomic mass is 16.5. The van der Waals surface area contributed by atoms with Crippen LogP contribution in [0.1, 0.15) is 26.7 Å². The van der Waals surface area contributed by atoms with Gasteiger partial charge in [0.1, 0.15) is 5.54 Å². The third-order valence-corrected chi connectivity index (χ3v) is 3.81. The van der Waals surface area contributed by atoms with E-state index in [4.69, 9.17) is 0 Å². The molecule has 0 aromatic heterocycles. The van der Waals surface area contributed by atoms with Gasteiger partial charge in [0.2, 0.25) is 0 Å². The van der Waals surface area contributed by atoms with Crippen molar-refractivity contribution in [1.82, 2.24) is 9.80 Å². The second-order valence-electron chi connectivity index (χ2n) is 5.42. The molecule has 0 aliphatic carbocycles. The van der Waals surface area contributed by atoms with Gasteiger partial charge in [0.05, 0.1) is 13.0 Å². The summed E-state index contributed by atoms with van der Waals surface area (Å²) in [4.78, 5) is 37.8. The Hall–Kier alpha value is -1.79. The van der Waals surface area contributed by atoms with Crippen molar-refractivity contribution in [2.75, 3.05) is 27.2 Å². The van der Waals surface area contributed by atoms with Crippen LogP contribution in [0.3, 0.4) is 0 Å². The van der Waals surface area contributed by atoms with Gasteiger partial charge in [-0.05, 0) is 19.8 Å². The number of likely N-dealkylation sites (tertiary alicyclic amines) is 1. The SMILES string of the molecule is COC(=O)C(C)CN(C)C(=O)N1CCCC1(C)C(=O)O. The maximum atomic E-state index is 12.3. The molecular weight excluding hydrogens is 264 g/mol. The van der Waals surface area contributed by atoms with Gasteiger partial charge in [-0.25, -0.2) is 9.59 Å². The summed E-state index contributed by atoms with van der Waals surface area (Å²) in [5, 5.41) is 9.30. The monoisotopic (exact) mass is 286 g/mol. The fourth-order valence-corrected chi connectivity index (χ4v) is 2.46. The number of amides is 2. The highest BCUT2D eigenvalue weighted by Crippen LogP contribution is 2.30. The molecule has 0 spiro atoms. The van der Waals surface area contributed by atoms with Gasteiger partial charge in [-0.1, -0.05) is 6.92 Å². The summed E-state index contributed by atoms with van der Waals surface area (Å²) >= 11 is 0. The Morgan fingerprint density at radius 1 is 1.45 bits per heavy atom. The number of carbonyl (C=O) groups is 3. The van der Waals surface area contributed by atoms with Crippen LogP contribution >= 0.6 is 0 Å². The van der Waals surface area contributed by atoms with Crippen LogP contribution in [0.2, 0.25) is 0 Å². The number of urea groups is 1. The standard InChI is InChI=1S/C13H22N2O5/c1-9(10(16)20-4)8-14(3)12(19)15-7-5-6-13(15,2)11(17)18/h9H,5-8H2,1-4H3,(H,17,18). The van der Waals surface area contributed by atoms with Crippen molar-refractivity contribution in [2.24, 2.45) is 5.92 Å². The Balaban J connectivity index is 2.74. The van der Waals surface area contributed by atoms with Crippen LogP contribution in [-0.2, 0) is 14.3 Å². The lowest BCUT2D eigenvalue weighted by Gasteiger charge is -2.34. The lowest BCUT2D eigenvalue weighted by molar-refractivity contribution is -0.148. The summed E-state index contributed by atoms with van der Waals surface area (Å²) in [7, 11) is 2.85. The second-order valence-corrected chi connectivity index (χ2v) is 5.42. The van der Waals surface area contributed by atoms with Crippen LogP contribution in [-0.4, -0.2) is 65.7 Å². The normalized spacial score (nSPS) is 23.3. The fourth-order valence-electron chi connectivity index (χ4n) is 2.46. The molecule has 0 bridgehead atoms. The van der Waals surface area contributed by atoms with Crippen molar-refractivity contribution < 1.29 is 24.2 Å². The van der Waals surface area contributed by atoms with E-state index in [-0.39, 0.29) is 12.6 Å². The first-order valence-corrected chi connectivity index (χ1v) is 6.58. The number of hydrogen-bond acceptors (Lipinski definition) is 4. The molecule has 1 N–H and O–H groups in total. The van der Waals surface area contributed by atoms with Crippen molar-refractivity contribution in [1.29, 1.82) is 0 Å². The van der Waals surface area contributed by atoms with E-state index in [0.29, 0.717) is 19.4 Å². The molecule has 0 saturated carbocycles. The number of carbonyl (C=O) groups excluding carboxylic acids is 2. The van der Waals surface area contributed by atoms with E-state index in [9.17, 15) is 19.5 Å². The van der Waals surface area contributed by atoms with Gasteiger partial charge in [0, 0.05) is 20.1 Å². The molecule has 1 heterocycles. The second kappa shape index (κ2) is 6.11. The maximum Gasteiger partial charge on any atom is 0.329 e. The topological polar surface area (TPSA) is 87.2 Å². The third kappa shape index (κ3) is 3.02. The Morgan fingerprint density at radius 2 is 2.05 bits per heavy atom. The van der Waals surface area contributed by atoms with Gasteiger partial charge in [-0.15, -0.1) is 0 Å². The molecule has 0 radical (unpaired) electrons. The quantitative estimate of drug-likeness (QED) is 0.772. The van der Waals surface area contributed by atoms with Crippen LogP contribution in [0.15, 0.2) is 0 Å². The average molecular weight is 286 g/mol. The van der Waals surface area contributed by atoms with Crippen molar-refractivity contribution in [3.63, 3.8) is 0 Å². The summed E-state index contributed by atoms with van der Waals surface area (Å²) in [6.45, 7) is 3.82. The molecule has 2 atom stereocenters. The molecule has 1 saturated heterocycles. The van der Waals surface area contributed by atoms with Crippen LogP contribution in [0.25, 0.3) is 0 Å². The molecule has 1 aliphatic heterocycles. The predicted molar refractivity (Wildman–Crippen MR) is 71.2 cm³/mol. The summed E-state index contributed by atoms with van der Waals surface area (Å²) in [5.41, 5.74) is -1.17. The lowest BCUT2D eigenvalue weighted by atomic mass is 9.99. The fraction of sp³-hybridized carbons (Fsp3) is 0.769. The van der Waals surface area contributed by atoms with Gasteiger partial charge in [-0.3, -0.25) is 4.79 Å². The van der Waals surface area contributed by atoms with E-state index >= 15 is 0 Å². The zero-order valence-electron chi connectivity index (χ0n) is 12.4. The van der Waals surface area contributed by atoms with Gasteiger partial charge in [-0.2, -0.15) is 0 Å². The van der Waals surface area contributed by atoms with E-state index < -0.39 is 23.4 Å². The van der Waals surface area contributed by atoms with Gasteiger partial charge >= 0.3 is 18.0 Å². The van der Waals surface area contributed by atoms with Crippen molar-refractivity contribution in [2.45, 2.75) is 32.2 Å². The Bertz CT molecular complexity index is 412. The molecule has 7 heteroatoms. The smallest absolute Gasteiger partial charge is 0.329 e. The molecule has 1 rings (SSSR count). The zero-order chi connectivity index (χ0) is 15.5. The number of aliphatic carboxylic acids is 1. The van der Waals surface area contributed by atoms with Gasteiger partial charge < -0.3 is 19.6 Å². The highest BCUT2D eigenvalue weighted by Gasteiger charge is 2.46. The van der Waals surface area contributed by atoms with Crippen LogP contribution < -0.4 is 0 Å². The summed E-state index contributed by atoms with van der Waals surface area (Å²) in [6, 6.07) is -0.372. The Morgan fingerprint density at radius 3 is 2.55 bits per heavy atom. The number of esters is 1. The first-order chi connectivity index (χ1) is 9.24. The number of ether oxygens (including phenoxy) is 1. The molecular formula is C13H22N2O5. The minimum Gasteiger partial charge on any atom is -0.480 e. The van der Waals surface area contributed by atoms with Crippen LogP contribution in [0.5, 0.6) is 0 Å². The van der Waals surface area contributed by atoms with E-state index in [1.165, 1.54) is 16.9 Å². The summed E-state index contributed by atoms with van der Waals surface area (Å²) in [6.07, 6.45) is 1.10. The maximum absolute atomic E-state index is 12.3. The minimum absolute atomic E-state index is 0.192. The molecule has 0 aromatic carbocycles. The number of nitrogens with zero attached hydrogens (tertiary/aromatic N) is 2. The number of carboxylic acids is 1. The Labute approximate surface area is 118 Å². The summed E-state index contributed by atoms with van der Waals surface area (Å²) in [5.74, 6) is -1.85. The largest absolute Gasteiger partial charge is 0.480 e.